The number of anilines is 1. The minimum Gasteiger partial charge on any atom is -0.325 e. The lowest BCUT2D eigenvalue weighted by Crippen LogP contribution is -2.50. The number of nitrogens with zero attached hydrogens (tertiary/aromatic N) is 3. The Balaban J connectivity index is 1.77. The Bertz CT molecular complexity index is 958. The minimum absolute atomic E-state index is 0.0173. The quantitative estimate of drug-likeness (QED) is 0.797. The molecule has 2 aromatic rings. The second-order valence-corrected chi connectivity index (χ2v) is 9.10. The van der Waals surface area contributed by atoms with E-state index in [9.17, 15) is 17.6 Å². The van der Waals surface area contributed by atoms with Crippen molar-refractivity contribution in [3.8, 4) is 5.69 Å². The van der Waals surface area contributed by atoms with E-state index in [0.717, 1.165) is 18.4 Å². The lowest BCUT2D eigenvalue weighted by Gasteiger charge is -2.33. The van der Waals surface area contributed by atoms with Crippen LogP contribution in [0.5, 0.6) is 0 Å². The van der Waals surface area contributed by atoms with Crippen molar-refractivity contribution in [1.29, 1.82) is 0 Å². The second kappa shape index (κ2) is 8.40. The minimum atomic E-state index is -3.48. The highest BCUT2D eigenvalue weighted by molar-refractivity contribution is 7.89. The molecule has 2 heterocycles. The maximum absolute atomic E-state index is 14.5. The first-order valence-corrected chi connectivity index (χ1v) is 11.0. The molecule has 1 aliphatic heterocycles. The Morgan fingerprint density at radius 3 is 2.79 bits per heavy atom. The van der Waals surface area contributed by atoms with Crippen molar-refractivity contribution in [3.63, 3.8) is 0 Å². The SMILES string of the molecule is CCCS(=O)(=O)N1CCCCC1C(=O)Nc1ccc(-n2cc(C)cn2)c(F)c1. The summed E-state index contributed by atoms with van der Waals surface area (Å²) in [5.41, 5.74) is 1.46. The normalized spacial score (nSPS) is 18.2. The highest BCUT2D eigenvalue weighted by atomic mass is 32.2. The monoisotopic (exact) mass is 408 g/mol. The van der Waals surface area contributed by atoms with Crippen LogP contribution in [0.1, 0.15) is 38.2 Å². The van der Waals surface area contributed by atoms with E-state index in [-0.39, 0.29) is 17.1 Å². The highest BCUT2D eigenvalue weighted by Gasteiger charge is 2.36. The zero-order valence-electron chi connectivity index (χ0n) is 16.1. The lowest BCUT2D eigenvalue weighted by molar-refractivity contribution is -0.120. The third-order valence-corrected chi connectivity index (χ3v) is 6.83. The van der Waals surface area contributed by atoms with Gasteiger partial charge in [-0.15, -0.1) is 0 Å². The zero-order valence-corrected chi connectivity index (χ0v) is 16.9. The molecular weight excluding hydrogens is 383 g/mol. The molecule has 7 nitrogen and oxygen atoms in total. The summed E-state index contributed by atoms with van der Waals surface area (Å²) in [5, 5.41) is 6.75. The molecule has 0 aliphatic carbocycles. The number of sulfonamides is 1. The molecule has 1 saturated heterocycles. The molecule has 1 fully saturated rings. The zero-order chi connectivity index (χ0) is 20.3. The third-order valence-electron chi connectivity index (χ3n) is 4.75. The highest BCUT2D eigenvalue weighted by Crippen LogP contribution is 2.24. The van der Waals surface area contributed by atoms with Gasteiger partial charge in [-0.25, -0.2) is 17.5 Å². The molecule has 0 radical (unpaired) electrons. The van der Waals surface area contributed by atoms with Gasteiger partial charge >= 0.3 is 0 Å². The molecule has 9 heteroatoms. The average Bonchev–Trinajstić information content (AvgIpc) is 3.08. The van der Waals surface area contributed by atoms with Crippen LogP contribution >= 0.6 is 0 Å². The average molecular weight is 408 g/mol. The Morgan fingerprint density at radius 1 is 1.36 bits per heavy atom. The van der Waals surface area contributed by atoms with Crippen molar-refractivity contribution in [2.24, 2.45) is 0 Å². The Kier molecular flexibility index (Phi) is 6.14. The summed E-state index contributed by atoms with van der Waals surface area (Å²) < 4.78 is 42.2. The van der Waals surface area contributed by atoms with Crippen LogP contribution in [0, 0.1) is 12.7 Å². The van der Waals surface area contributed by atoms with Gasteiger partial charge in [0.25, 0.3) is 0 Å². The van der Waals surface area contributed by atoms with Crippen LogP contribution in [0.4, 0.5) is 10.1 Å². The fourth-order valence-corrected chi connectivity index (χ4v) is 5.16. The number of hydrogen-bond donors (Lipinski definition) is 1. The van der Waals surface area contributed by atoms with Crippen LogP contribution in [0.25, 0.3) is 5.69 Å². The molecule has 28 heavy (non-hydrogen) atoms. The number of amides is 1. The van der Waals surface area contributed by atoms with Crippen LogP contribution in [0.3, 0.4) is 0 Å². The summed E-state index contributed by atoms with van der Waals surface area (Å²) in [7, 11) is -3.48. The number of aryl methyl sites for hydroxylation is 1. The molecule has 1 N–H and O–H groups in total. The van der Waals surface area contributed by atoms with Crippen molar-refractivity contribution >= 4 is 21.6 Å². The van der Waals surface area contributed by atoms with Gasteiger partial charge in [0.05, 0.1) is 11.9 Å². The predicted octanol–water partition coefficient (Wildman–Crippen LogP) is 2.85. The van der Waals surface area contributed by atoms with Gasteiger partial charge in [-0.3, -0.25) is 4.79 Å². The number of nitrogens with one attached hydrogen (secondary N) is 1. The smallest absolute Gasteiger partial charge is 0.242 e. The first kappa shape index (κ1) is 20.5. The Hall–Kier alpha value is -2.26. The Labute approximate surface area is 164 Å². The van der Waals surface area contributed by atoms with Gasteiger partial charge in [-0.2, -0.15) is 9.40 Å². The van der Waals surface area contributed by atoms with Gasteiger partial charge in [0.2, 0.25) is 15.9 Å². The van der Waals surface area contributed by atoms with E-state index in [4.69, 9.17) is 0 Å². The first-order chi connectivity index (χ1) is 13.3. The lowest BCUT2D eigenvalue weighted by atomic mass is 10.0. The number of piperidine rings is 1. The standard InChI is InChI=1S/C19H25FN4O3S/c1-3-10-28(26,27)24-9-5-4-6-18(24)19(25)22-15-7-8-17(16(20)11-15)23-13-14(2)12-21-23/h7-8,11-13,18H,3-6,9-10H2,1-2H3,(H,22,25). The van der Waals surface area contributed by atoms with E-state index < -0.39 is 27.8 Å². The molecule has 1 aromatic carbocycles. The van der Waals surface area contributed by atoms with E-state index in [1.54, 1.807) is 25.4 Å². The topological polar surface area (TPSA) is 84.3 Å². The van der Waals surface area contributed by atoms with E-state index in [0.29, 0.717) is 19.4 Å². The van der Waals surface area contributed by atoms with Gasteiger partial charge in [0.1, 0.15) is 11.7 Å². The molecule has 3 rings (SSSR count). The van der Waals surface area contributed by atoms with Gasteiger partial charge in [0.15, 0.2) is 5.82 Å². The van der Waals surface area contributed by atoms with Gasteiger partial charge in [-0.05, 0) is 49.9 Å². The molecular formula is C19H25FN4O3S. The number of carbonyl (C=O) groups is 1. The predicted molar refractivity (Wildman–Crippen MR) is 105 cm³/mol. The number of aromatic nitrogens is 2. The van der Waals surface area contributed by atoms with Crippen LogP contribution in [0.15, 0.2) is 30.6 Å². The summed E-state index contributed by atoms with van der Waals surface area (Å²) >= 11 is 0. The van der Waals surface area contributed by atoms with Crippen molar-refractivity contribution in [1.82, 2.24) is 14.1 Å². The molecule has 1 aliphatic rings. The largest absolute Gasteiger partial charge is 0.325 e. The fourth-order valence-electron chi connectivity index (χ4n) is 3.42. The number of hydrogen-bond acceptors (Lipinski definition) is 4. The maximum atomic E-state index is 14.5. The summed E-state index contributed by atoms with van der Waals surface area (Å²) in [6.45, 7) is 3.99. The van der Waals surface area contributed by atoms with Crippen molar-refractivity contribution in [2.75, 3.05) is 17.6 Å². The van der Waals surface area contributed by atoms with E-state index in [2.05, 4.69) is 10.4 Å². The number of benzene rings is 1. The van der Waals surface area contributed by atoms with E-state index in [1.165, 1.54) is 21.1 Å². The number of carbonyl (C=O) groups excluding carboxylic acids is 1. The molecule has 152 valence electrons. The molecule has 1 amide bonds. The molecule has 0 bridgehead atoms. The second-order valence-electron chi connectivity index (χ2n) is 7.06. The number of halogens is 1. The van der Waals surface area contributed by atoms with E-state index in [1.807, 2.05) is 6.92 Å². The summed E-state index contributed by atoms with van der Waals surface area (Å²) in [6.07, 6.45) is 5.80. The van der Waals surface area contributed by atoms with E-state index >= 15 is 0 Å². The van der Waals surface area contributed by atoms with Gasteiger partial charge in [-0.1, -0.05) is 13.3 Å². The molecule has 1 aromatic heterocycles. The van der Waals surface area contributed by atoms with Gasteiger partial charge in [0, 0.05) is 18.4 Å². The third kappa shape index (κ3) is 4.41. The van der Waals surface area contributed by atoms with Crippen molar-refractivity contribution in [2.45, 2.75) is 45.6 Å². The summed E-state index contributed by atoms with van der Waals surface area (Å²) in [4.78, 5) is 12.7. The Morgan fingerprint density at radius 2 is 2.14 bits per heavy atom. The maximum Gasteiger partial charge on any atom is 0.242 e. The van der Waals surface area contributed by atoms with Crippen molar-refractivity contribution < 1.29 is 17.6 Å². The number of rotatable bonds is 6. The molecule has 1 unspecified atom stereocenters. The fraction of sp³-hybridized carbons (Fsp3) is 0.474. The van der Waals surface area contributed by atoms with Crippen LogP contribution in [0.2, 0.25) is 0 Å². The summed E-state index contributed by atoms with van der Waals surface area (Å²) in [6, 6.07) is 3.57. The molecule has 1 atom stereocenters. The van der Waals surface area contributed by atoms with Gasteiger partial charge < -0.3 is 5.32 Å². The van der Waals surface area contributed by atoms with Crippen LogP contribution < -0.4 is 5.32 Å². The van der Waals surface area contributed by atoms with Crippen LogP contribution in [-0.4, -0.2) is 46.8 Å². The van der Waals surface area contributed by atoms with Crippen molar-refractivity contribution in [3.05, 3.63) is 42.0 Å². The molecule has 0 saturated carbocycles. The summed E-state index contributed by atoms with van der Waals surface area (Å²) in [5.74, 6) is -0.940. The molecule has 0 spiro atoms. The first-order valence-electron chi connectivity index (χ1n) is 9.43. The van der Waals surface area contributed by atoms with Crippen LogP contribution in [-0.2, 0) is 14.8 Å².